The van der Waals surface area contributed by atoms with Crippen LogP contribution in [0.25, 0.3) is 0 Å². The van der Waals surface area contributed by atoms with Crippen LogP contribution in [0.3, 0.4) is 0 Å². The summed E-state index contributed by atoms with van der Waals surface area (Å²) in [4.78, 5) is 49.5. The summed E-state index contributed by atoms with van der Waals surface area (Å²) in [6, 6.07) is -1.83. The second kappa shape index (κ2) is 10.2. The van der Waals surface area contributed by atoms with Crippen molar-refractivity contribution in [3.63, 3.8) is 0 Å². The number of amides is 3. The third-order valence-corrected chi connectivity index (χ3v) is 5.22. The van der Waals surface area contributed by atoms with Crippen molar-refractivity contribution in [1.82, 2.24) is 16.0 Å². The van der Waals surface area contributed by atoms with Gasteiger partial charge in [-0.2, -0.15) is 0 Å². The molecule has 3 amide bonds. The van der Waals surface area contributed by atoms with E-state index in [1.54, 1.807) is 0 Å². The molecule has 2 fully saturated rings. The van der Waals surface area contributed by atoms with E-state index in [0.29, 0.717) is 32.4 Å². The van der Waals surface area contributed by atoms with Gasteiger partial charge >= 0.3 is 0 Å². The fourth-order valence-corrected chi connectivity index (χ4v) is 3.68. The van der Waals surface area contributed by atoms with Crippen LogP contribution in [-0.2, 0) is 23.9 Å². The normalized spacial score (nSPS) is 23.9. The summed E-state index contributed by atoms with van der Waals surface area (Å²) in [5.74, 6) is -1.95. The average Bonchev–Trinajstić information content (AvgIpc) is 3.31. The van der Waals surface area contributed by atoms with Crippen LogP contribution in [0.4, 0.5) is 0 Å². The van der Waals surface area contributed by atoms with Gasteiger partial charge in [0.1, 0.15) is 18.8 Å². The molecule has 2 saturated heterocycles. The van der Waals surface area contributed by atoms with Gasteiger partial charge in [-0.1, -0.05) is 20.8 Å². The molecule has 0 spiro atoms. The Balaban J connectivity index is 2.08. The number of carbonyl (C=O) groups excluding carboxylic acids is 4. The fourth-order valence-electron chi connectivity index (χ4n) is 3.68. The Morgan fingerprint density at radius 1 is 1.21 bits per heavy atom. The maximum atomic E-state index is 13.0. The molecular formula is C20H33N3O6. The molecule has 9 heteroatoms. The summed E-state index contributed by atoms with van der Waals surface area (Å²) in [6.07, 6.45) is 1.90. The predicted molar refractivity (Wildman–Crippen MR) is 105 cm³/mol. The zero-order chi connectivity index (χ0) is 21.6. The standard InChI is InChI=1S/C20H33N3O6/c1-20(2,3)10-14(23-19(28)16-5-4-8-29-16)18(27)22-13(15(25)11-24)9-12-6-7-21-17(12)26/h12-14,16,24H,4-11H2,1-3H3,(H,21,26)(H,22,27)(H,23,28). The van der Waals surface area contributed by atoms with Gasteiger partial charge in [0.15, 0.2) is 5.78 Å². The van der Waals surface area contributed by atoms with E-state index in [9.17, 15) is 24.3 Å². The molecule has 0 saturated carbocycles. The molecule has 164 valence electrons. The van der Waals surface area contributed by atoms with E-state index in [2.05, 4.69) is 16.0 Å². The Hall–Kier alpha value is -2.00. The minimum absolute atomic E-state index is 0.124. The number of carbonyl (C=O) groups is 4. The van der Waals surface area contributed by atoms with Gasteiger partial charge in [-0.05, 0) is 37.5 Å². The van der Waals surface area contributed by atoms with Gasteiger partial charge in [-0.3, -0.25) is 19.2 Å². The van der Waals surface area contributed by atoms with E-state index in [1.165, 1.54) is 0 Å². The Bertz CT molecular complexity index is 624. The molecule has 0 aromatic heterocycles. The Morgan fingerprint density at radius 3 is 2.45 bits per heavy atom. The van der Waals surface area contributed by atoms with Gasteiger partial charge in [0, 0.05) is 19.1 Å². The monoisotopic (exact) mass is 411 g/mol. The van der Waals surface area contributed by atoms with Crippen LogP contribution in [0.2, 0.25) is 0 Å². The number of hydrogen-bond donors (Lipinski definition) is 4. The highest BCUT2D eigenvalue weighted by Crippen LogP contribution is 2.22. The van der Waals surface area contributed by atoms with Crippen molar-refractivity contribution in [2.45, 2.75) is 71.1 Å². The first-order chi connectivity index (χ1) is 13.6. The predicted octanol–water partition coefficient (Wildman–Crippen LogP) is -0.341. The second-order valence-corrected chi connectivity index (χ2v) is 9.03. The number of ether oxygens (including phenoxy) is 1. The number of rotatable bonds is 9. The van der Waals surface area contributed by atoms with Crippen LogP contribution < -0.4 is 16.0 Å². The van der Waals surface area contributed by atoms with Gasteiger partial charge < -0.3 is 25.8 Å². The molecule has 2 heterocycles. The summed E-state index contributed by atoms with van der Waals surface area (Å²) in [6.45, 7) is 6.16. The lowest BCUT2D eigenvalue weighted by atomic mass is 9.87. The van der Waals surface area contributed by atoms with E-state index >= 15 is 0 Å². The highest BCUT2D eigenvalue weighted by molar-refractivity contribution is 5.94. The van der Waals surface area contributed by atoms with Crippen molar-refractivity contribution in [3.8, 4) is 0 Å². The zero-order valence-corrected chi connectivity index (χ0v) is 17.5. The minimum Gasteiger partial charge on any atom is -0.389 e. The number of nitrogens with one attached hydrogen (secondary N) is 3. The summed E-state index contributed by atoms with van der Waals surface area (Å²) < 4.78 is 5.39. The molecule has 2 aliphatic rings. The molecule has 4 N–H and O–H groups in total. The van der Waals surface area contributed by atoms with Gasteiger partial charge in [0.05, 0.1) is 6.04 Å². The molecule has 0 aromatic rings. The van der Waals surface area contributed by atoms with Crippen LogP contribution in [-0.4, -0.2) is 66.6 Å². The first kappa shape index (κ1) is 23.3. The Morgan fingerprint density at radius 2 is 1.93 bits per heavy atom. The second-order valence-electron chi connectivity index (χ2n) is 9.03. The SMILES string of the molecule is CC(C)(C)CC(NC(=O)C1CCCO1)C(=O)NC(CC1CCNC1=O)C(=O)CO. The van der Waals surface area contributed by atoms with E-state index < -0.39 is 42.4 Å². The lowest BCUT2D eigenvalue weighted by molar-refractivity contribution is -0.136. The average molecular weight is 411 g/mol. The van der Waals surface area contributed by atoms with Crippen LogP contribution >= 0.6 is 0 Å². The van der Waals surface area contributed by atoms with E-state index in [0.717, 1.165) is 6.42 Å². The van der Waals surface area contributed by atoms with E-state index in [1.807, 2.05) is 20.8 Å². The molecule has 2 rings (SSSR count). The van der Waals surface area contributed by atoms with Gasteiger partial charge in [0.25, 0.3) is 0 Å². The van der Waals surface area contributed by atoms with E-state index in [-0.39, 0.29) is 23.7 Å². The van der Waals surface area contributed by atoms with Gasteiger partial charge in [-0.15, -0.1) is 0 Å². The maximum absolute atomic E-state index is 13.0. The first-order valence-corrected chi connectivity index (χ1v) is 10.2. The lowest BCUT2D eigenvalue weighted by Crippen LogP contribution is -2.55. The molecule has 29 heavy (non-hydrogen) atoms. The largest absolute Gasteiger partial charge is 0.389 e. The van der Waals surface area contributed by atoms with Crippen LogP contribution in [0.5, 0.6) is 0 Å². The minimum atomic E-state index is -0.983. The molecule has 0 bridgehead atoms. The molecule has 0 radical (unpaired) electrons. The third-order valence-electron chi connectivity index (χ3n) is 5.22. The first-order valence-electron chi connectivity index (χ1n) is 10.2. The van der Waals surface area contributed by atoms with Crippen molar-refractivity contribution in [3.05, 3.63) is 0 Å². The fraction of sp³-hybridized carbons (Fsp3) is 0.800. The molecule has 4 atom stereocenters. The van der Waals surface area contributed by atoms with Crippen LogP contribution in [0.15, 0.2) is 0 Å². The van der Waals surface area contributed by atoms with Crippen molar-refractivity contribution in [1.29, 1.82) is 0 Å². The van der Waals surface area contributed by atoms with Crippen LogP contribution in [0.1, 0.15) is 52.9 Å². The van der Waals surface area contributed by atoms with Crippen molar-refractivity contribution in [2.24, 2.45) is 11.3 Å². The number of Topliss-reactive ketones (excluding diaryl/α,β-unsaturated/α-hetero) is 1. The van der Waals surface area contributed by atoms with Crippen molar-refractivity contribution < 1.29 is 29.0 Å². The number of ketones is 1. The summed E-state index contributed by atoms with van der Waals surface area (Å²) in [7, 11) is 0. The highest BCUT2D eigenvalue weighted by Gasteiger charge is 2.35. The zero-order valence-electron chi connectivity index (χ0n) is 17.5. The molecule has 0 aromatic carbocycles. The highest BCUT2D eigenvalue weighted by atomic mass is 16.5. The molecule has 2 aliphatic heterocycles. The quantitative estimate of drug-likeness (QED) is 0.410. The molecular weight excluding hydrogens is 378 g/mol. The summed E-state index contributed by atoms with van der Waals surface area (Å²) >= 11 is 0. The maximum Gasteiger partial charge on any atom is 0.249 e. The molecule has 4 unspecified atom stereocenters. The summed E-state index contributed by atoms with van der Waals surface area (Å²) in [5.41, 5.74) is -0.256. The number of aliphatic hydroxyl groups is 1. The number of hydrogen-bond acceptors (Lipinski definition) is 6. The topological polar surface area (TPSA) is 134 Å². The lowest BCUT2D eigenvalue weighted by Gasteiger charge is -2.29. The molecule has 0 aliphatic carbocycles. The number of aliphatic hydroxyl groups excluding tert-OH is 1. The van der Waals surface area contributed by atoms with E-state index in [4.69, 9.17) is 4.74 Å². The smallest absolute Gasteiger partial charge is 0.249 e. The molecule has 9 nitrogen and oxygen atoms in total. The van der Waals surface area contributed by atoms with Crippen molar-refractivity contribution >= 4 is 23.5 Å². The van der Waals surface area contributed by atoms with Gasteiger partial charge in [-0.25, -0.2) is 0 Å². The van der Waals surface area contributed by atoms with Gasteiger partial charge in [0.2, 0.25) is 17.7 Å². The summed E-state index contributed by atoms with van der Waals surface area (Å²) in [5, 5.41) is 17.4. The third kappa shape index (κ3) is 7.08. The van der Waals surface area contributed by atoms with Crippen molar-refractivity contribution in [2.75, 3.05) is 19.8 Å². The van der Waals surface area contributed by atoms with Crippen LogP contribution in [0, 0.1) is 11.3 Å². The Kier molecular flexibility index (Phi) is 8.15. The Labute approximate surface area is 171 Å².